The van der Waals surface area contributed by atoms with E-state index in [-0.39, 0.29) is 16.5 Å². The first-order valence-corrected chi connectivity index (χ1v) is 6.61. The highest BCUT2D eigenvalue weighted by Gasteiger charge is 2.17. The van der Waals surface area contributed by atoms with Crippen LogP contribution >= 0.6 is 0 Å². The van der Waals surface area contributed by atoms with Crippen molar-refractivity contribution in [2.75, 3.05) is 0 Å². The summed E-state index contributed by atoms with van der Waals surface area (Å²) in [6, 6.07) is 6.85. The first-order valence-electron chi connectivity index (χ1n) is 6.61. The summed E-state index contributed by atoms with van der Waals surface area (Å²) in [5.74, 6) is 1.23. The lowest BCUT2D eigenvalue weighted by atomic mass is 10.2. The minimum atomic E-state index is -0.380. The first-order chi connectivity index (χ1) is 10.1. The molecule has 21 heavy (non-hydrogen) atoms. The Hall–Kier alpha value is -2.70. The van der Waals surface area contributed by atoms with Crippen LogP contribution in [0, 0.1) is 10.1 Å². The molecular weight excluding hydrogens is 272 g/mol. The summed E-state index contributed by atoms with van der Waals surface area (Å²) in [5.41, 5.74) is 0.642. The molecule has 0 unspecified atom stereocenters. The van der Waals surface area contributed by atoms with Crippen LogP contribution in [0.4, 0.5) is 5.69 Å². The van der Waals surface area contributed by atoms with Crippen LogP contribution in [0.5, 0.6) is 0 Å². The van der Waals surface area contributed by atoms with E-state index in [1.54, 1.807) is 16.8 Å². The van der Waals surface area contributed by atoms with Gasteiger partial charge >= 0.3 is 0 Å². The van der Waals surface area contributed by atoms with E-state index < -0.39 is 0 Å². The van der Waals surface area contributed by atoms with Crippen LogP contribution in [0.15, 0.2) is 35.0 Å². The molecule has 2 heterocycles. The van der Waals surface area contributed by atoms with Gasteiger partial charge in [0.2, 0.25) is 5.89 Å². The number of hydrogen-bond donors (Lipinski definition) is 0. The summed E-state index contributed by atoms with van der Waals surface area (Å²) in [5, 5.41) is 15.9. The number of hydrogen-bond acceptors (Lipinski definition) is 5. The third-order valence-electron chi connectivity index (χ3n) is 3.25. The van der Waals surface area contributed by atoms with Crippen LogP contribution in [-0.4, -0.2) is 19.6 Å². The molecule has 7 heteroatoms. The van der Waals surface area contributed by atoms with Crippen molar-refractivity contribution in [3.05, 3.63) is 52.3 Å². The van der Waals surface area contributed by atoms with Gasteiger partial charge in [0.05, 0.1) is 11.5 Å². The minimum absolute atomic E-state index is 0.0741. The standard InChI is InChI=1S/C14H14N4O3/c1-9(2)14-15-12(16-21-14)8-17-7-6-10-4-3-5-11(13(10)17)18(19)20/h3-7,9H,8H2,1-2H3. The van der Waals surface area contributed by atoms with Gasteiger partial charge in [0, 0.05) is 23.6 Å². The van der Waals surface area contributed by atoms with Crippen molar-refractivity contribution in [2.45, 2.75) is 26.3 Å². The molecule has 0 spiro atoms. The first kappa shape index (κ1) is 13.3. The van der Waals surface area contributed by atoms with Crippen molar-refractivity contribution in [3.8, 4) is 0 Å². The fourth-order valence-electron chi connectivity index (χ4n) is 2.24. The zero-order valence-corrected chi connectivity index (χ0v) is 11.7. The van der Waals surface area contributed by atoms with Gasteiger partial charge in [-0.2, -0.15) is 4.98 Å². The Bertz CT molecular complexity index is 804. The molecule has 3 aromatic rings. The predicted octanol–water partition coefficient (Wildman–Crippen LogP) is 3.10. The van der Waals surface area contributed by atoms with Crippen LogP contribution in [0.1, 0.15) is 31.5 Å². The van der Waals surface area contributed by atoms with Crippen molar-refractivity contribution in [1.82, 2.24) is 14.7 Å². The quantitative estimate of drug-likeness (QED) is 0.543. The molecule has 1 aromatic carbocycles. The molecule has 0 saturated carbocycles. The van der Waals surface area contributed by atoms with Crippen molar-refractivity contribution >= 4 is 16.6 Å². The van der Waals surface area contributed by atoms with Gasteiger partial charge in [-0.15, -0.1) is 0 Å². The van der Waals surface area contributed by atoms with Crippen molar-refractivity contribution in [2.24, 2.45) is 0 Å². The lowest BCUT2D eigenvalue weighted by Gasteiger charge is -2.02. The van der Waals surface area contributed by atoms with E-state index in [9.17, 15) is 10.1 Å². The Balaban J connectivity index is 2.02. The van der Waals surface area contributed by atoms with Gasteiger partial charge in [0.1, 0.15) is 5.52 Å². The average Bonchev–Trinajstić information content (AvgIpc) is 3.06. The van der Waals surface area contributed by atoms with E-state index in [0.29, 0.717) is 23.8 Å². The Kier molecular flexibility index (Phi) is 3.17. The number of rotatable bonds is 4. The van der Waals surface area contributed by atoms with Crippen LogP contribution in [0.3, 0.4) is 0 Å². The van der Waals surface area contributed by atoms with Crippen molar-refractivity contribution < 1.29 is 9.45 Å². The minimum Gasteiger partial charge on any atom is -0.339 e. The average molecular weight is 286 g/mol. The fraction of sp³-hybridized carbons (Fsp3) is 0.286. The van der Waals surface area contributed by atoms with Crippen LogP contribution in [-0.2, 0) is 6.54 Å². The highest BCUT2D eigenvalue weighted by atomic mass is 16.6. The number of non-ortho nitro benzene ring substituents is 1. The molecule has 0 atom stereocenters. The molecule has 0 amide bonds. The Morgan fingerprint density at radius 2 is 2.19 bits per heavy atom. The molecule has 0 aliphatic heterocycles. The van der Waals surface area contributed by atoms with E-state index in [1.165, 1.54) is 6.07 Å². The molecule has 108 valence electrons. The summed E-state index contributed by atoms with van der Waals surface area (Å²) in [6.45, 7) is 4.27. The summed E-state index contributed by atoms with van der Waals surface area (Å²) in [6.07, 6.45) is 1.79. The monoisotopic (exact) mass is 286 g/mol. The Labute approximate surface area is 120 Å². The van der Waals surface area contributed by atoms with Gasteiger partial charge < -0.3 is 9.09 Å². The second kappa shape index (κ2) is 5.01. The van der Waals surface area contributed by atoms with Gasteiger partial charge in [0.25, 0.3) is 5.69 Å². The number of nitro groups is 1. The highest BCUT2D eigenvalue weighted by molar-refractivity contribution is 5.88. The fourth-order valence-corrected chi connectivity index (χ4v) is 2.24. The number of aromatic nitrogens is 3. The number of fused-ring (bicyclic) bond motifs is 1. The summed E-state index contributed by atoms with van der Waals surface area (Å²) < 4.78 is 6.92. The number of benzene rings is 1. The Morgan fingerprint density at radius 3 is 2.86 bits per heavy atom. The molecule has 0 radical (unpaired) electrons. The smallest absolute Gasteiger partial charge is 0.293 e. The third-order valence-corrected chi connectivity index (χ3v) is 3.25. The maximum Gasteiger partial charge on any atom is 0.293 e. The molecule has 2 aromatic heterocycles. The number of nitro benzene ring substituents is 1. The van der Waals surface area contributed by atoms with Gasteiger partial charge in [0.15, 0.2) is 5.82 Å². The summed E-state index contributed by atoms with van der Waals surface area (Å²) >= 11 is 0. The largest absolute Gasteiger partial charge is 0.339 e. The van der Waals surface area contributed by atoms with Crippen molar-refractivity contribution in [1.29, 1.82) is 0 Å². The molecule has 0 saturated heterocycles. The summed E-state index contributed by atoms with van der Waals surface area (Å²) in [4.78, 5) is 15.1. The van der Waals surface area contributed by atoms with Crippen LogP contribution in [0.25, 0.3) is 10.9 Å². The van der Waals surface area contributed by atoms with E-state index in [0.717, 1.165) is 5.39 Å². The molecule has 0 aliphatic carbocycles. The van der Waals surface area contributed by atoms with E-state index in [4.69, 9.17) is 4.52 Å². The molecule has 0 fully saturated rings. The Morgan fingerprint density at radius 1 is 1.38 bits per heavy atom. The highest BCUT2D eigenvalue weighted by Crippen LogP contribution is 2.26. The van der Waals surface area contributed by atoms with E-state index in [1.807, 2.05) is 26.0 Å². The topological polar surface area (TPSA) is 87.0 Å². The van der Waals surface area contributed by atoms with Crippen molar-refractivity contribution in [3.63, 3.8) is 0 Å². The van der Waals surface area contributed by atoms with E-state index >= 15 is 0 Å². The van der Waals surface area contributed by atoms with E-state index in [2.05, 4.69) is 10.1 Å². The zero-order valence-electron chi connectivity index (χ0n) is 11.7. The van der Waals surface area contributed by atoms with Gasteiger partial charge in [-0.25, -0.2) is 0 Å². The molecule has 0 bridgehead atoms. The third kappa shape index (κ3) is 2.37. The lowest BCUT2D eigenvalue weighted by Crippen LogP contribution is -2.02. The van der Waals surface area contributed by atoms with Crippen LogP contribution < -0.4 is 0 Å². The molecular formula is C14H14N4O3. The second-order valence-corrected chi connectivity index (χ2v) is 5.12. The summed E-state index contributed by atoms with van der Waals surface area (Å²) in [7, 11) is 0. The predicted molar refractivity (Wildman–Crippen MR) is 76.1 cm³/mol. The molecule has 7 nitrogen and oxygen atoms in total. The number of nitrogens with zero attached hydrogens (tertiary/aromatic N) is 4. The molecule has 0 aliphatic rings. The molecule has 0 N–H and O–H groups in total. The maximum absolute atomic E-state index is 11.2. The zero-order chi connectivity index (χ0) is 15.0. The van der Waals surface area contributed by atoms with Gasteiger partial charge in [-0.05, 0) is 6.07 Å². The maximum atomic E-state index is 11.2. The van der Waals surface area contributed by atoms with Gasteiger partial charge in [-0.1, -0.05) is 31.1 Å². The normalized spacial score (nSPS) is 11.4. The lowest BCUT2D eigenvalue weighted by molar-refractivity contribution is -0.383. The second-order valence-electron chi connectivity index (χ2n) is 5.12. The SMILES string of the molecule is CC(C)c1nc(Cn2ccc3cccc([N+](=O)[O-])c32)no1. The molecule has 3 rings (SSSR count). The van der Waals surface area contributed by atoms with Crippen LogP contribution in [0.2, 0.25) is 0 Å². The number of para-hydroxylation sites is 1. The van der Waals surface area contributed by atoms with Gasteiger partial charge in [-0.3, -0.25) is 10.1 Å².